The van der Waals surface area contributed by atoms with Crippen molar-refractivity contribution >= 4 is 15.9 Å². The van der Waals surface area contributed by atoms with Crippen LogP contribution in [0.2, 0.25) is 0 Å². The van der Waals surface area contributed by atoms with Crippen molar-refractivity contribution in [2.45, 2.75) is 90.8 Å². The quantitative estimate of drug-likeness (QED) is 0.465. The third kappa shape index (κ3) is 6.59. The van der Waals surface area contributed by atoms with Gasteiger partial charge in [-0.1, -0.05) is 63.4 Å². The maximum Gasteiger partial charge on any atom is 0.0146 e. The van der Waals surface area contributed by atoms with Crippen molar-refractivity contribution in [1.29, 1.82) is 0 Å². The van der Waals surface area contributed by atoms with Gasteiger partial charge < -0.3 is 0 Å². The van der Waals surface area contributed by atoms with Crippen LogP contribution in [0.25, 0.3) is 0 Å². The minimum absolute atomic E-state index is 0.835. The van der Waals surface area contributed by atoms with E-state index in [1.807, 2.05) is 27.7 Å². The largest absolute Gasteiger partial charge is 0.0891 e. The lowest BCUT2D eigenvalue weighted by molar-refractivity contribution is 0.175. The zero-order valence-corrected chi connectivity index (χ0v) is 14.9. The van der Waals surface area contributed by atoms with Crippen molar-refractivity contribution in [3.8, 4) is 0 Å². The first-order chi connectivity index (χ1) is 8.75. The van der Waals surface area contributed by atoms with Crippen LogP contribution in [0.4, 0.5) is 0 Å². The molecule has 1 heteroatoms. The molecule has 0 amide bonds. The Morgan fingerprint density at radius 1 is 0.611 bits per heavy atom. The fourth-order valence-corrected chi connectivity index (χ4v) is 3.84. The lowest BCUT2D eigenvalue weighted by Gasteiger charge is -2.36. The molecule has 2 fully saturated rings. The standard InChI is InChI=1S/C13H23Br.2C2H6/c1-10-2-4-11(5-3-10)12-6-8-13(14)9-7-12;2*1-2/h10-13H,2-9H2,1H3;2*1-2H3. The summed E-state index contributed by atoms with van der Waals surface area (Å²) in [6.07, 6.45) is 11.9. The molecular weight excluding hydrogens is 284 g/mol. The molecule has 18 heavy (non-hydrogen) atoms. The van der Waals surface area contributed by atoms with Gasteiger partial charge >= 0.3 is 0 Å². The molecule has 2 rings (SSSR count). The Kier molecular flexibility index (Phi) is 11.6. The van der Waals surface area contributed by atoms with Gasteiger partial charge in [0.25, 0.3) is 0 Å². The monoisotopic (exact) mass is 318 g/mol. The third-order valence-electron chi connectivity index (χ3n) is 4.43. The first kappa shape index (κ1) is 18.5. The lowest BCUT2D eigenvalue weighted by Crippen LogP contribution is -2.25. The second-order valence-corrected chi connectivity index (χ2v) is 6.83. The van der Waals surface area contributed by atoms with Crippen molar-refractivity contribution in [1.82, 2.24) is 0 Å². The summed E-state index contributed by atoms with van der Waals surface area (Å²) in [7, 11) is 0. The van der Waals surface area contributed by atoms with Crippen LogP contribution >= 0.6 is 15.9 Å². The fourth-order valence-electron chi connectivity index (χ4n) is 3.31. The number of halogens is 1. The highest BCUT2D eigenvalue weighted by atomic mass is 79.9. The van der Waals surface area contributed by atoms with Crippen LogP contribution in [0.15, 0.2) is 0 Å². The van der Waals surface area contributed by atoms with Gasteiger partial charge in [-0.2, -0.15) is 0 Å². The zero-order chi connectivity index (χ0) is 14.0. The van der Waals surface area contributed by atoms with Gasteiger partial charge in [-0.05, 0) is 56.3 Å². The van der Waals surface area contributed by atoms with Crippen molar-refractivity contribution in [3.05, 3.63) is 0 Å². The molecule has 110 valence electrons. The minimum atomic E-state index is 0.835. The number of rotatable bonds is 1. The summed E-state index contributed by atoms with van der Waals surface area (Å²) in [6.45, 7) is 10.4. The highest BCUT2D eigenvalue weighted by Gasteiger charge is 2.28. The molecule has 0 aromatic heterocycles. The number of hydrogen-bond donors (Lipinski definition) is 0. The van der Waals surface area contributed by atoms with Crippen LogP contribution in [0.1, 0.15) is 86.0 Å². The van der Waals surface area contributed by atoms with Crippen molar-refractivity contribution in [2.24, 2.45) is 17.8 Å². The summed E-state index contributed by atoms with van der Waals surface area (Å²) in [5.74, 6) is 3.18. The van der Waals surface area contributed by atoms with Crippen molar-refractivity contribution in [2.75, 3.05) is 0 Å². The van der Waals surface area contributed by atoms with E-state index in [0.717, 1.165) is 22.6 Å². The summed E-state index contributed by atoms with van der Waals surface area (Å²) >= 11 is 3.75. The molecule has 0 aliphatic heterocycles. The van der Waals surface area contributed by atoms with Crippen LogP contribution < -0.4 is 0 Å². The normalized spacial score (nSPS) is 35.7. The average Bonchev–Trinajstić information content (AvgIpc) is 2.45. The van der Waals surface area contributed by atoms with E-state index >= 15 is 0 Å². The second kappa shape index (κ2) is 11.3. The molecule has 0 aromatic carbocycles. The predicted octanol–water partition coefficient (Wildman–Crippen LogP) is 6.82. The van der Waals surface area contributed by atoms with Crippen LogP contribution in [0.3, 0.4) is 0 Å². The van der Waals surface area contributed by atoms with E-state index in [2.05, 4.69) is 22.9 Å². The maximum atomic E-state index is 3.75. The molecule has 0 spiro atoms. The molecule has 2 aliphatic carbocycles. The molecule has 0 unspecified atom stereocenters. The van der Waals surface area contributed by atoms with Crippen LogP contribution in [0.5, 0.6) is 0 Å². The average molecular weight is 319 g/mol. The molecule has 0 radical (unpaired) electrons. The van der Waals surface area contributed by atoms with Gasteiger partial charge in [0.15, 0.2) is 0 Å². The van der Waals surface area contributed by atoms with Crippen molar-refractivity contribution in [3.63, 3.8) is 0 Å². The molecule has 2 aliphatic rings. The summed E-state index contributed by atoms with van der Waals surface area (Å²) in [4.78, 5) is 0.835. The Bertz CT molecular complexity index is 142. The highest BCUT2D eigenvalue weighted by Crippen LogP contribution is 2.40. The molecule has 0 saturated heterocycles. The van der Waals surface area contributed by atoms with Crippen molar-refractivity contribution < 1.29 is 0 Å². The summed E-state index contributed by atoms with van der Waals surface area (Å²) in [5.41, 5.74) is 0. The molecule has 0 aromatic rings. The molecular formula is C17H35Br. The topological polar surface area (TPSA) is 0 Å². The Hall–Kier alpha value is 0.480. The maximum absolute atomic E-state index is 3.75. The van der Waals surface area contributed by atoms with E-state index in [4.69, 9.17) is 0 Å². The molecule has 0 nitrogen and oxygen atoms in total. The number of hydrogen-bond acceptors (Lipinski definition) is 0. The van der Waals surface area contributed by atoms with Gasteiger partial charge in [0, 0.05) is 4.83 Å². The summed E-state index contributed by atoms with van der Waals surface area (Å²) in [5, 5.41) is 0. The predicted molar refractivity (Wildman–Crippen MR) is 88.5 cm³/mol. The van der Waals surface area contributed by atoms with E-state index in [1.165, 1.54) is 51.4 Å². The van der Waals surface area contributed by atoms with Crippen LogP contribution in [-0.2, 0) is 0 Å². The SMILES string of the molecule is CC.CC.CC1CCC(C2CCC(Br)CC2)CC1. The lowest BCUT2D eigenvalue weighted by atomic mass is 9.71. The van der Waals surface area contributed by atoms with Gasteiger partial charge in [-0.15, -0.1) is 0 Å². The van der Waals surface area contributed by atoms with E-state index in [-0.39, 0.29) is 0 Å². The van der Waals surface area contributed by atoms with Gasteiger partial charge in [-0.3, -0.25) is 0 Å². The van der Waals surface area contributed by atoms with E-state index in [0.29, 0.717) is 0 Å². The first-order valence-electron chi connectivity index (χ1n) is 8.39. The van der Waals surface area contributed by atoms with E-state index in [1.54, 1.807) is 0 Å². The number of alkyl halides is 1. The molecule has 0 atom stereocenters. The Morgan fingerprint density at radius 3 is 1.33 bits per heavy atom. The first-order valence-corrected chi connectivity index (χ1v) is 9.31. The van der Waals surface area contributed by atoms with Crippen LogP contribution in [0, 0.1) is 17.8 Å². The third-order valence-corrected chi connectivity index (χ3v) is 5.34. The minimum Gasteiger partial charge on any atom is -0.0891 e. The van der Waals surface area contributed by atoms with E-state index < -0.39 is 0 Å². The molecule has 0 N–H and O–H groups in total. The van der Waals surface area contributed by atoms with E-state index in [9.17, 15) is 0 Å². The fraction of sp³-hybridized carbons (Fsp3) is 1.00. The molecule has 2 saturated carbocycles. The highest BCUT2D eigenvalue weighted by molar-refractivity contribution is 9.09. The molecule has 0 heterocycles. The summed E-state index contributed by atoms with van der Waals surface area (Å²) in [6, 6.07) is 0. The summed E-state index contributed by atoms with van der Waals surface area (Å²) < 4.78 is 0. The van der Waals surface area contributed by atoms with Crippen LogP contribution in [-0.4, -0.2) is 4.83 Å². The Morgan fingerprint density at radius 2 is 0.944 bits per heavy atom. The Balaban J connectivity index is 0.000000659. The molecule has 0 bridgehead atoms. The van der Waals surface area contributed by atoms with Gasteiger partial charge in [0.1, 0.15) is 0 Å². The van der Waals surface area contributed by atoms with Gasteiger partial charge in [0.05, 0.1) is 0 Å². The second-order valence-electron chi connectivity index (χ2n) is 5.53. The zero-order valence-electron chi connectivity index (χ0n) is 13.3. The van der Waals surface area contributed by atoms with Gasteiger partial charge in [-0.25, -0.2) is 0 Å². The smallest absolute Gasteiger partial charge is 0.0146 e. The van der Waals surface area contributed by atoms with Gasteiger partial charge in [0.2, 0.25) is 0 Å². The Labute approximate surface area is 124 Å².